The molecule has 0 aromatic carbocycles. The first-order valence-electron chi connectivity index (χ1n) is 11.3. The highest BCUT2D eigenvalue weighted by Gasteiger charge is 2.85. The lowest BCUT2D eigenvalue weighted by Gasteiger charge is -2.36. The molecule has 6 heteroatoms. The highest BCUT2D eigenvalue weighted by Crippen LogP contribution is 2.88. The van der Waals surface area contributed by atoms with Gasteiger partial charge in [0.25, 0.3) is 0 Å². The molecule has 0 aromatic heterocycles. The van der Waals surface area contributed by atoms with Crippen LogP contribution < -0.4 is 5.32 Å². The lowest BCUT2D eigenvalue weighted by Crippen LogP contribution is -2.57. The maximum atomic E-state index is 13.8. The first-order valence-corrected chi connectivity index (χ1v) is 11.3. The molecule has 3 fully saturated rings. The second-order valence-electron chi connectivity index (χ2n) is 12.4. The van der Waals surface area contributed by atoms with Crippen LogP contribution in [0.5, 0.6) is 0 Å². The van der Waals surface area contributed by atoms with Gasteiger partial charge in [-0.05, 0) is 63.2 Å². The zero-order valence-corrected chi connectivity index (χ0v) is 20.3. The Bertz CT molecular complexity index is 754. The number of carbonyl (C=O) groups is 3. The molecule has 0 aromatic rings. The van der Waals surface area contributed by atoms with Crippen LogP contribution in [0.4, 0.5) is 4.79 Å². The van der Waals surface area contributed by atoms with Gasteiger partial charge in [-0.3, -0.25) is 9.59 Å². The Balaban J connectivity index is 1.86. The molecule has 3 aliphatic rings. The van der Waals surface area contributed by atoms with E-state index in [0.717, 1.165) is 6.42 Å². The number of ether oxygens (including phenoxy) is 1. The van der Waals surface area contributed by atoms with Crippen LogP contribution in [-0.4, -0.2) is 46.9 Å². The number of likely N-dealkylation sites (tertiary alicyclic amines) is 1. The van der Waals surface area contributed by atoms with Crippen molar-refractivity contribution in [2.75, 3.05) is 6.54 Å². The quantitative estimate of drug-likeness (QED) is 0.738. The molecule has 170 valence electrons. The zero-order valence-electron chi connectivity index (χ0n) is 20.3. The van der Waals surface area contributed by atoms with Crippen LogP contribution >= 0.6 is 0 Å². The van der Waals surface area contributed by atoms with E-state index in [1.54, 1.807) is 32.6 Å². The average molecular weight is 421 g/mol. The van der Waals surface area contributed by atoms with E-state index >= 15 is 0 Å². The molecule has 2 amide bonds. The number of nitrogens with one attached hydrogen (secondary N) is 1. The normalized spacial score (nSPS) is 30.0. The van der Waals surface area contributed by atoms with Gasteiger partial charge in [0, 0.05) is 12.0 Å². The first-order chi connectivity index (χ1) is 13.5. The molecule has 0 unspecified atom stereocenters. The van der Waals surface area contributed by atoms with Gasteiger partial charge in [-0.15, -0.1) is 0 Å². The molecule has 1 saturated heterocycles. The molecule has 2 spiro atoms. The van der Waals surface area contributed by atoms with Crippen molar-refractivity contribution in [1.82, 2.24) is 10.2 Å². The Morgan fingerprint density at radius 1 is 1.03 bits per heavy atom. The first kappa shape index (κ1) is 23.1. The van der Waals surface area contributed by atoms with Gasteiger partial charge in [-0.25, -0.2) is 4.79 Å². The van der Waals surface area contributed by atoms with E-state index in [1.807, 2.05) is 20.8 Å². The molecule has 0 radical (unpaired) electrons. The van der Waals surface area contributed by atoms with Crippen LogP contribution in [0, 0.1) is 21.7 Å². The van der Waals surface area contributed by atoms with Crippen molar-refractivity contribution in [2.24, 2.45) is 21.7 Å². The Kier molecular flexibility index (Phi) is 5.16. The molecule has 1 N–H and O–H groups in total. The Morgan fingerprint density at radius 3 is 1.97 bits per heavy atom. The third-order valence-electron chi connectivity index (χ3n) is 8.34. The number of alkyl carbamates (subject to hydrolysis) is 1. The van der Waals surface area contributed by atoms with E-state index in [0.29, 0.717) is 6.54 Å². The van der Waals surface area contributed by atoms with Gasteiger partial charge in [0.2, 0.25) is 5.91 Å². The number of ketones is 1. The van der Waals surface area contributed by atoms with E-state index < -0.39 is 29.2 Å². The lowest BCUT2D eigenvalue weighted by atomic mass is 9.73. The van der Waals surface area contributed by atoms with Crippen molar-refractivity contribution in [2.45, 2.75) is 106 Å². The topological polar surface area (TPSA) is 75.7 Å². The summed E-state index contributed by atoms with van der Waals surface area (Å²) in [4.78, 5) is 40.6. The zero-order chi connectivity index (χ0) is 22.9. The van der Waals surface area contributed by atoms with Crippen LogP contribution in [0.3, 0.4) is 0 Å². The number of fused-ring (bicyclic) bond motifs is 1. The summed E-state index contributed by atoms with van der Waals surface area (Å²) < 4.78 is 5.41. The van der Waals surface area contributed by atoms with Gasteiger partial charge in [-0.2, -0.15) is 0 Å². The fourth-order valence-electron chi connectivity index (χ4n) is 6.43. The molecule has 3 rings (SSSR count). The number of rotatable bonds is 3. The number of nitrogens with zero attached hydrogens (tertiary/aromatic N) is 1. The molecule has 6 nitrogen and oxygen atoms in total. The van der Waals surface area contributed by atoms with Crippen LogP contribution in [0.1, 0.15) is 88.0 Å². The average Bonchev–Trinajstić information content (AvgIpc) is 2.78. The molecule has 2 aliphatic carbocycles. The Labute approximate surface area is 181 Å². The predicted molar refractivity (Wildman–Crippen MR) is 116 cm³/mol. The minimum Gasteiger partial charge on any atom is -0.444 e. The maximum absolute atomic E-state index is 13.8. The number of Topliss-reactive ketones (excluding diaryl/α,β-unsaturated/α-hetero) is 1. The van der Waals surface area contributed by atoms with E-state index in [2.05, 4.69) is 19.2 Å². The maximum Gasteiger partial charge on any atom is 0.408 e. The minimum absolute atomic E-state index is 0.0125. The summed E-state index contributed by atoms with van der Waals surface area (Å²) >= 11 is 0. The van der Waals surface area contributed by atoms with Gasteiger partial charge in [0.1, 0.15) is 11.6 Å². The summed E-state index contributed by atoms with van der Waals surface area (Å²) in [7, 11) is 0. The summed E-state index contributed by atoms with van der Waals surface area (Å²) in [5.74, 6) is -0.148. The lowest BCUT2D eigenvalue weighted by molar-refractivity contribution is -0.141. The second-order valence-corrected chi connectivity index (χ2v) is 12.4. The smallest absolute Gasteiger partial charge is 0.408 e. The Hall–Kier alpha value is -1.59. The van der Waals surface area contributed by atoms with Crippen LogP contribution in [0.2, 0.25) is 0 Å². The monoisotopic (exact) mass is 420 g/mol. The van der Waals surface area contributed by atoms with Crippen molar-refractivity contribution in [3.05, 3.63) is 0 Å². The Morgan fingerprint density at radius 2 is 1.60 bits per heavy atom. The summed E-state index contributed by atoms with van der Waals surface area (Å²) in [6.45, 7) is 18.0. The second kappa shape index (κ2) is 6.70. The van der Waals surface area contributed by atoms with Gasteiger partial charge < -0.3 is 15.0 Å². The van der Waals surface area contributed by atoms with Crippen LogP contribution in [0.15, 0.2) is 0 Å². The standard InChI is InChI=1S/C24H40N2O4/c1-15(27)16-13-24(22(8,9)23(24)11-10-12-23)14-26(16)18(28)17(20(2,3)4)25-19(29)30-21(5,6)7/h16-17H,10-14H2,1-9H3,(H,25,29)/t16-,17+,24+/m0/s1. The minimum atomic E-state index is -0.761. The van der Waals surface area contributed by atoms with Crippen molar-refractivity contribution >= 4 is 17.8 Å². The van der Waals surface area contributed by atoms with Crippen molar-refractivity contribution in [3.8, 4) is 0 Å². The summed E-state index contributed by atoms with van der Waals surface area (Å²) in [5, 5.41) is 2.80. The fourth-order valence-corrected chi connectivity index (χ4v) is 6.43. The third kappa shape index (κ3) is 3.25. The van der Waals surface area contributed by atoms with Crippen molar-refractivity contribution < 1.29 is 19.1 Å². The largest absolute Gasteiger partial charge is 0.444 e. The predicted octanol–water partition coefficient (Wildman–Crippen LogP) is 4.31. The van der Waals surface area contributed by atoms with Crippen molar-refractivity contribution in [3.63, 3.8) is 0 Å². The summed E-state index contributed by atoms with van der Waals surface area (Å²) in [6, 6.07) is -1.18. The molecule has 30 heavy (non-hydrogen) atoms. The van der Waals surface area contributed by atoms with Crippen molar-refractivity contribution in [1.29, 1.82) is 0 Å². The SMILES string of the molecule is CC(=O)[C@@H]1C[C@@]2(CN1C(=O)[C@@H](NC(=O)OC(C)(C)C)C(C)(C)C)C(C)(C)C21CCC1. The number of amides is 2. The third-order valence-corrected chi connectivity index (χ3v) is 8.34. The van der Waals surface area contributed by atoms with E-state index in [9.17, 15) is 14.4 Å². The highest BCUT2D eigenvalue weighted by atomic mass is 16.6. The van der Waals surface area contributed by atoms with Gasteiger partial charge in [0.05, 0.1) is 6.04 Å². The summed E-state index contributed by atoms with van der Waals surface area (Å²) in [5.41, 5.74) is -0.754. The molecule has 3 atom stereocenters. The van der Waals surface area contributed by atoms with E-state index in [4.69, 9.17) is 4.74 Å². The molecular formula is C24H40N2O4. The van der Waals surface area contributed by atoms with E-state index in [-0.39, 0.29) is 27.9 Å². The van der Waals surface area contributed by atoms with Crippen LogP contribution in [-0.2, 0) is 14.3 Å². The van der Waals surface area contributed by atoms with Gasteiger partial charge in [-0.1, -0.05) is 41.0 Å². The molecule has 1 heterocycles. The highest BCUT2D eigenvalue weighted by molar-refractivity contribution is 5.92. The molecule has 2 saturated carbocycles. The van der Waals surface area contributed by atoms with E-state index in [1.165, 1.54) is 19.3 Å². The van der Waals surface area contributed by atoms with Gasteiger partial charge >= 0.3 is 6.09 Å². The molecule has 1 aliphatic heterocycles. The number of hydrogen-bond acceptors (Lipinski definition) is 4. The molecular weight excluding hydrogens is 380 g/mol. The summed E-state index contributed by atoms with van der Waals surface area (Å²) in [6.07, 6.45) is 3.74. The number of carbonyl (C=O) groups excluding carboxylic acids is 3. The fraction of sp³-hybridized carbons (Fsp3) is 0.875. The van der Waals surface area contributed by atoms with Gasteiger partial charge in [0.15, 0.2) is 5.78 Å². The number of hydrogen-bond donors (Lipinski definition) is 1. The molecule has 0 bridgehead atoms. The van der Waals surface area contributed by atoms with Crippen LogP contribution in [0.25, 0.3) is 0 Å².